The average Bonchev–Trinajstić information content (AvgIpc) is 2.97. The van der Waals surface area contributed by atoms with Gasteiger partial charge in [-0.25, -0.2) is 8.42 Å². The molecule has 1 atom stereocenters. The molecule has 6 nitrogen and oxygen atoms in total. The van der Waals surface area contributed by atoms with E-state index in [4.69, 9.17) is 4.42 Å². The van der Waals surface area contributed by atoms with Crippen LogP contribution in [0.15, 0.2) is 28.7 Å². The molecule has 0 saturated heterocycles. The van der Waals surface area contributed by atoms with Gasteiger partial charge >= 0.3 is 0 Å². The molecule has 1 aromatic carbocycles. The van der Waals surface area contributed by atoms with Crippen molar-refractivity contribution < 1.29 is 12.8 Å². The standard InChI is InChI=1S/C16H23N3O3S/c1-5-19(10-11-23(4,20)21)13(3)15-17-18-16(22-15)14-8-6-12(2)7-9-14/h6-9,13H,5,10-11H2,1-4H3. The van der Waals surface area contributed by atoms with Crippen molar-refractivity contribution in [2.45, 2.75) is 26.8 Å². The molecular weight excluding hydrogens is 314 g/mol. The van der Waals surface area contributed by atoms with E-state index in [1.807, 2.05) is 49.9 Å². The van der Waals surface area contributed by atoms with Gasteiger partial charge in [0.2, 0.25) is 11.8 Å². The van der Waals surface area contributed by atoms with Gasteiger partial charge < -0.3 is 4.42 Å². The van der Waals surface area contributed by atoms with Crippen LogP contribution in [0.4, 0.5) is 0 Å². The van der Waals surface area contributed by atoms with Crippen molar-refractivity contribution in [3.05, 3.63) is 35.7 Å². The Bertz CT molecular complexity index is 738. The Kier molecular flexibility index (Phi) is 5.54. The van der Waals surface area contributed by atoms with E-state index in [0.29, 0.717) is 24.9 Å². The second-order valence-corrected chi connectivity index (χ2v) is 8.01. The van der Waals surface area contributed by atoms with Gasteiger partial charge in [-0.3, -0.25) is 4.90 Å². The van der Waals surface area contributed by atoms with Crippen LogP contribution in [0.1, 0.15) is 31.3 Å². The SMILES string of the molecule is CCN(CCS(C)(=O)=O)C(C)c1nnc(-c2ccc(C)cc2)o1. The number of aromatic nitrogens is 2. The quantitative estimate of drug-likeness (QED) is 0.772. The number of sulfone groups is 1. The van der Waals surface area contributed by atoms with E-state index in [-0.39, 0.29) is 11.8 Å². The minimum atomic E-state index is -3.00. The lowest BCUT2D eigenvalue weighted by Gasteiger charge is -2.24. The fraction of sp³-hybridized carbons (Fsp3) is 0.500. The van der Waals surface area contributed by atoms with Gasteiger partial charge in [0, 0.05) is 18.4 Å². The molecule has 0 aliphatic rings. The Morgan fingerprint density at radius 1 is 1.22 bits per heavy atom. The van der Waals surface area contributed by atoms with Crippen molar-refractivity contribution in [3.63, 3.8) is 0 Å². The molecule has 0 spiro atoms. The third kappa shape index (κ3) is 4.87. The molecule has 0 aliphatic carbocycles. The lowest BCUT2D eigenvalue weighted by molar-refractivity contribution is 0.203. The Balaban J connectivity index is 2.13. The molecule has 0 radical (unpaired) electrons. The third-order valence-corrected chi connectivity index (χ3v) is 4.72. The maximum atomic E-state index is 11.3. The van der Waals surface area contributed by atoms with E-state index < -0.39 is 9.84 Å². The number of rotatable bonds is 7. The Morgan fingerprint density at radius 3 is 2.43 bits per heavy atom. The number of aryl methyl sites for hydroxylation is 1. The van der Waals surface area contributed by atoms with Gasteiger partial charge in [-0.05, 0) is 32.5 Å². The molecule has 2 aromatic rings. The van der Waals surface area contributed by atoms with E-state index in [2.05, 4.69) is 10.2 Å². The molecule has 0 saturated carbocycles. The summed E-state index contributed by atoms with van der Waals surface area (Å²) in [7, 11) is -3.00. The predicted octanol–water partition coefficient (Wildman–Crippen LogP) is 2.47. The smallest absolute Gasteiger partial charge is 0.247 e. The molecule has 1 unspecified atom stereocenters. The van der Waals surface area contributed by atoms with Gasteiger partial charge in [0.05, 0.1) is 11.8 Å². The lowest BCUT2D eigenvalue weighted by atomic mass is 10.1. The first kappa shape index (κ1) is 17.6. The first-order valence-corrected chi connectivity index (χ1v) is 9.68. The molecule has 0 amide bonds. The summed E-state index contributed by atoms with van der Waals surface area (Å²) in [5, 5.41) is 8.22. The molecule has 2 rings (SSSR count). The van der Waals surface area contributed by atoms with E-state index >= 15 is 0 Å². The fourth-order valence-electron chi connectivity index (χ4n) is 2.28. The number of nitrogens with zero attached hydrogens (tertiary/aromatic N) is 3. The van der Waals surface area contributed by atoms with Crippen LogP contribution < -0.4 is 0 Å². The highest BCUT2D eigenvalue weighted by Gasteiger charge is 2.21. The molecule has 0 fully saturated rings. The summed E-state index contributed by atoms with van der Waals surface area (Å²) in [5.74, 6) is 1.09. The highest BCUT2D eigenvalue weighted by Crippen LogP contribution is 2.24. The zero-order chi connectivity index (χ0) is 17.0. The van der Waals surface area contributed by atoms with Crippen LogP contribution in [0, 0.1) is 6.92 Å². The molecule has 7 heteroatoms. The zero-order valence-corrected chi connectivity index (χ0v) is 14.8. The molecule has 1 aromatic heterocycles. The number of benzene rings is 1. The molecular formula is C16H23N3O3S. The second-order valence-electron chi connectivity index (χ2n) is 5.75. The molecule has 0 bridgehead atoms. The van der Waals surface area contributed by atoms with Crippen LogP contribution in [0.2, 0.25) is 0 Å². The van der Waals surface area contributed by atoms with Gasteiger partial charge in [0.25, 0.3) is 0 Å². The summed E-state index contributed by atoms with van der Waals surface area (Å²) in [4.78, 5) is 2.01. The van der Waals surface area contributed by atoms with Crippen molar-refractivity contribution in [3.8, 4) is 11.5 Å². The zero-order valence-electron chi connectivity index (χ0n) is 14.0. The normalized spacial score (nSPS) is 13.4. The maximum absolute atomic E-state index is 11.3. The van der Waals surface area contributed by atoms with Crippen LogP contribution in [0.5, 0.6) is 0 Å². The average molecular weight is 337 g/mol. The summed E-state index contributed by atoms with van der Waals surface area (Å²) < 4.78 is 28.5. The van der Waals surface area contributed by atoms with Crippen LogP contribution in [-0.4, -0.2) is 48.6 Å². The number of hydrogen-bond donors (Lipinski definition) is 0. The van der Waals surface area contributed by atoms with Gasteiger partial charge in [0.15, 0.2) is 0 Å². The first-order chi connectivity index (χ1) is 10.8. The van der Waals surface area contributed by atoms with Crippen molar-refractivity contribution in [1.29, 1.82) is 0 Å². The van der Waals surface area contributed by atoms with Crippen LogP contribution >= 0.6 is 0 Å². The first-order valence-electron chi connectivity index (χ1n) is 7.62. The second kappa shape index (κ2) is 7.23. The lowest BCUT2D eigenvalue weighted by Crippen LogP contribution is -2.31. The van der Waals surface area contributed by atoms with Crippen molar-refractivity contribution >= 4 is 9.84 Å². The summed E-state index contributed by atoms with van der Waals surface area (Å²) in [6, 6.07) is 7.74. The molecule has 0 aliphatic heterocycles. The van der Waals surface area contributed by atoms with Gasteiger partial charge in [-0.15, -0.1) is 10.2 Å². The molecule has 23 heavy (non-hydrogen) atoms. The Labute approximate surface area is 137 Å². The summed E-state index contributed by atoms with van der Waals surface area (Å²) >= 11 is 0. The minimum absolute atomic E-state index is 0.115. The maximum Gasteiger partial charge on any atom is 0.247 e. The van der Waals surface area contributed by atoms with Crippen molar-refractivity contribution in [1.82, 2.24) is 15.1 Å². The Morgan fingerprint density at radius 2 is 1.87 bits per heavy atom. The Hall–Kier alpha value is -1.73. The monoisotopic (exact) mass is 337 g/mol. The fourth-order valence-corrected chi connectivity index (χ4v) is 2.85. The molecule has 1 heterocycles. The third-order valence-electron chi connectivity index (χ3n) is 3.80. The minimum Gasteiger partial charge on any atom is -0.419 e. The van der Waals surface area contributed by atoms with Crippen LogP contribution in [0.25, 0.3) is 11.5 Å². The van der Waals surface area contributed by atoms with E-state index in [0.717, 1.165) is 5.56 Å². The van der Waals surface area contributed by atoms with Gasteiger partial charge in [-0.2, -0.15) is 0 Å². The van der Waals surface area contributed by atoms with Gasteiger partial charge in [0.1, 0.15) is 9.84 Å². The highest BCUT2D eigenvalue weighted by molar-refractivity contribution is 7.90. The van der Waals surface area contributed by atoms with E-state index in [9.17, 15) is 8.42 Å². The van der Waals surface area contributed by atoms with E-state index in [1.54, 1.807) is 0 Å². The summed E-state index contributed by atoms with van der Waals surface area (Å²) in [6.45, 7) is 7.10. The molecule has 126 valence electrons. The summed E-state index contributed by atoms with van der Waals surface area (Å²) in [5.41, 5.74) is 2.04. The van der Waals surface area contributed by atoms with E-state index in [1.165, 1.54) is 11.8 Å². The summed E-state index contributed by atoms with van der Waals surface area (Å²) in [6.07, 6.45) is 1.24. The number of hydrogen-bond acceptors (Lipinski definition) is 6. The predicted molar refractivity (Wildman–Crippen MR) is 89.8 cm³/mol. The highest BCUT2D eigenvalue weighted by atomic mass is 32.2. The topological polar surface area (TPSA) is 76.3 Å². The van der Waals surface area contributed by atoms with Crippen molar-refractivity contribution in [2.75, 3.05) is 25.1 Å². The van der Waals surface area contributed by atoms with Crippen molar-refractivity contribution in [2.24, 2.45) is 0 Å². The molecule has 0 N–H and O–H groups in total. The van der Waals surface area contributed by atoms with Gasteiger partial charge in [-0.1, -0.05) is 24.6 Å². The van der Waals surface area contributed by atoms with Crippen LogP contribution in [-0.2, 0) is 9.84 Å². The van der Waals surface area contributed by atoms with Crippen LogP contribution in [0.3, 0.4) is 0 Å². The largest absolute Gasteiger partial charge is 0.419 e.